The topological polar surface area (TPSA) is 85.7 Å². The van der Waals surface area contributed by atoms with Gasteiger partial charge in [-0.05, 0) is 0 Å². The molecule has 0 aliphatic carbocycles. The Labute approximate surface area is 140 Å². The maximum atomic E-state index is 5.20. The van der Waals surface area contributed by atoms with Crippen LogP contribution in [0.1, 0.15) is 0 Å². The number of ether oxygens (including phenoxy) is 3. The van der Waals surface area contributed by atoms with Crippen LogP contribution in [0.25, 0.3) is 0 Å². The lowest BCUT2D eigenvalue weighted by atomic mass is 10.3. The zero-order valence-electron chi connectivity index (χ0n) is 14.0. The Bertz CT molecular complexity index is 668. The van der Waals surface area contributed by atoms with Gasteiger partial charge in [0.15, 0.2) is 0 Å². The Hall–Kier alpha value is -2.84. The fourth-order valence-corrected chi connectivity index (χ4v) is 2.45. The average Bonchev–Trinajstić information content (AvgIpc) is 2.67. The third-order valence-electron chi connectivity index (χ3n) is 3.76. The lowest BCUT2D eigenvalue weighted by molar-refractivity contribution is 0.371. The highest BCUT2D eigenvalue weighted by molar-refractivity contribution is 5.41. The summed E-state index contributed by atoms with van der Waals surface area (Å²) in [5.74, 6) is 2.78. The number of hydrogen-bond donors (Lipinski definition) is 0. The quantitative estimate of drug-likeness (QED) is 0.782. The first-order valence-electron chi connectivity index (χ1n) is 7.57. The number of aromatic nitrogens is 4. The molecule has 1 saturated heterocycles. The zero-order valence-corrected chi connectivity index (χ0v) is 14.0. The summed E-state index contributed by atoms with van der Waals surface area (Å²) in [7, 11) is 4.74. The van der Waals surface area contributed by atoms with Gasteiger partial charge in [0, 0.05) is 38.4 Å². The van der Waals surface area contributed by atoms with E-state index >= 15 is 0 Å². The molecular formula is C15H20N6O3. The van der Waals surface area contributed by atoms with Crippen LogP contribution in [-0.2, 0) is 0 Å². The molecular weight excluding hydrogens is 312 g/mol. The van der Waals surface area contributed by atoms with E-state index < -0.39 is 0 Å². The molecule has 0 atom stereocenters. The SMILES string of the molecule is COc1ccnc(N2CCN(c3nc(OC)cc(OC)n3)CC2)n1. The maximum absolute atomic E-state index is 5.20. The van der Waals surface area contributed by atoms with E-state index in [4.69, 9.17) is 14.2 Å². The summed E-state index contributed by atoms with van der Waals surface area (Å²) < 4.78 is 15.6. The molecule has 3 heterocycles. The van der Waals surface area contributed by atoms with Gasteiger partial charge in [-0.3, -0.25) is 0 Å². The van der Waals surface area contributed by atoms with Gasteiger partial charge in [0.1, 0.15) is 0 Å². The number of anilines is 2. The average molecular weight is 332 g/mol. The summed E-state index contributed by atoms with van der Waals surface area (Å²) in [4.78, 5) is 21.7. The third kappa shape index (κ3) is 3.39. The van der Waals surface area contributed by atoms with Crippen molar-refractivity contribution in [3.63, 3.8) is 0 Å². The van der Waals surface area contributed by atoms with E-state index in [9.17, 15) is 0 Å². The molecule has 0 bridgehead atoms. The van der Waals surface area contributed by atoms with Crippen LogP contribution in [0.15, 0.2) is 18.3 Å². The van der Waals surface area contributed by atoms with Gasteiger partial charge in [0.05, 0.1) is 27.4 Å². The van der Waals surface area contributed by atoms with Crippen molar-refractivity contribution in [2.75, 3.05) is 57.3 Å². The number of piperazine rings is 1. The van der Waals surface area contributed by atoms with E-state index in [2.05, 4.69) is 29.7 Å². The maximum Gasteiger partial charge on any atom is 0.232 e. The molecule has 0 spiro atoms. The minimum Gasteiger partial charge on any atom is -0.481 e. The van der Waals surface area contributed by atoms with E-state index in [1.54, 1.807) is 39.7 Å². The molecule has 0 aromatic carbocycles. The van der Waals surface area contributed by atoms with Crippen LogP contribution < -0.4 is 24.0 Å². The third-order valence-corrected chi connectivity index (χ3v) is 3.76. The van der Waals surface area contributed by atoms with Crippen molar-refractivity contribution in [2.45, 2.75) is 0 Å². The van der Waals surface area contributed by atoms with Crippen LogP contribution in [0.4, 0.5) is 11.9 Å². The standard InChI is InChI=1S/C15H20N6O3/c1-22-11-4-5-16-14(17-11)20-6-8-21(9-7-20)15-18-12(23-2)10-13(19-15)24-3/h4-5,10H,6-9H2,1-3H3. The molecule has 0 amide bonds. The van der Waals surface area contributed by atoms with Gasteiger partial charge in [0.2, 0.25) is 29.5 Å². The molecule has 3 rings (SSSR count). The van der Waals surface area contributed by atoms with Crippen molar-refractivity contribution >= 4 is 11.9 Å². The molecule has 24 heavy (non-hydrogen) atoms. The highest BCUT2D eigenvalue weighted by Crippen LogP contribution is 2.22. The minimum absolute atomic E-state index is 0.482. The monoisotopic (exact) mass is 332 g/mol. The number of rotatable bonds is 5. The summed E-state index contributed by atoms with van der Waals surface area (Å²) in [6.45, 7) is 3.01. The summed E-state index contributed by atoms with van der Waals surface area (Å²) >= 11 is 0. The van der Waals surface area contributed by atoms with Crippen LogP contribution in [0.2, 0.25) is 0 Å². The zero-order chi connectivity index (χ0) is 16.9. The smallest absolute Gasteiger partial charge is 0.232 e. The van der Waals surface area contributed by atoms with Gasteiger partial charge in [0.25, 0.3) is 0 Å². The Morgan fingerprint density at radius 1 is 0.750 bits per heavy atom. The molecule has 1 aliphatic rings. The second kappa shape index (κ2) is 7.16. The minimum atomic E-state index is 0.482. The van der Waals surface area contributed by atoms with Crippen molar-refractivity contribution in [1.29, 1.82) is 0 Å². The summed E-state index contributed by atoms with van der Waals surface area (Å²) in [5, 5.41) is 0. The van der Waals surface area contributed by atoms with Crippen LogP contribution >= 0.6 is 0 Å². The highest BCUT2D eigenvalue weighted by atomic mass is 16.5. The second-order valence-corrected chi connectivity index (χ2v) is 5.13. The molecule has 0 N–H and O–H groups in total. The molecule has 2 aromatic rings. The largest absolute Gasteiger partial charge is 0.481 e. The van der Waals surface area contributed by atoms with Gasteiger partial charge < -0.3 is 24.0 Å². The molecule has 9 heteroatoms. The molecule has 0 unspecified atom stereocenters. The van der Waals surface area contributed by atoms with E-state index in [0.717, 1.165) is 26.2 Å². The second-order valence-electron chi connectivity index (χ2n) is 5.13. The fraction of sp³-hybridized carbons (Fsp3) is 0.467. The van der Waals surface area contributed by atoms with Crippen LogP contribution in [0, 0.1) is 0 Å². The normalized spacial score (nSPS) is 14.5. The van der Waals surface area contributed by atoms with E-state index in [1.165, 1.54) is 0 Å². The van der Waals surface area contributed by atoms with E-state index in [1.807, 2.05) is 0 Å². The van der Waals surface area contributed by atoms with Gasteiger partial charge in [-0.2, -0.15) is 15.0 Å². The van der Waals surface area contributed by atoms with Gasteiger partial charge >= 0.3 is 0 Å². The van der Waals surface area contributed by atoms with Crippen LogP contribution in [0.3, 0.4) is 0 Å². The van der Waals surface area contributed by atoms with E-state index in [0.29, 0.717) is 29.5 Å². The number of methoxy groups -OCH3 is 3. The van der Waals surface area contributed by atoms with Crippen LogP contribution in [0.5, 0.6) is 17.6 Å². The summed E-state index contributed by atoms with van der Waals surface area (Å²) in [6, 6.07) is 3.39. The van der Waals surface area contributed by atoms with Crippen molar-refractivity contribution < 1.29 is 14.2 Å². The highest BCUT2D eigenvalue weighted by Gasteiger charge is 2.22. The first kappa shape index (κ1) is 16.0. The number of hydrogen-bond acceptors (Lipinski definition) is 9. The van der Waals surface area contributed by atoms with E-state index in [-0.39, 0.29) is 0 Å². The predicted molar refractivity (Wildman–Crippen MR) is 88.1 cm³/mol. The molecule has 128 valence electrons. The van der Waals surface area contributed by atoms with Crippen molar-refractivity contribution in [1.82, 2.24) is 19.9 Å². The first-order valence-corrected chi connectivity index (χ1v) is 7.57. The molecule has 0 radical (unpaired) electrons. The fourth-order valence-electron chi connectivity index (χ4n) is 2.45. The Balaban J connectivity index is 1.70. The summed E-state index contributed by atoms with van der Waals surface area (Å²) in [5.41, 5.74) is 0. The molecule has 1 fully saturated rings. The first-order chi connectivity index (χ1) is 11.7. The predicted octanol–water partition coefficient (Wildman–Crippen LogP) is 0.619. The Kier molecular flexibility index (Phi) is 4.78. The van der Waals surface area contributed by atoms with Crippen molar-refractivity contribution in [3.8, 4) is 17.6 Å². The van der Waals surface area contributed by atoms with Crippen LogP contribution in [-0.4, -0.2) is 67.4 Å². The van der Waals surface area contributed by atoms with Gasteiger partial charge in [-0.1, -0.05) is 0 Å². The molecule has 1 aliphatic heterocycles. The molecule has 2 aromatic heterocycles. The molecule has 9 nitrogen and oxygen atoms in total. The Morgan fingerprint density at radius 3 is 1.79 bits per heavy atom. The van der Waals surface area contributed by atoms with Crippen molar-refractivity contribution in [2.24, 2.45) is 0 Å². The van der Waals surface area contributed by atoms with Crippen molar-refractivity contribution in [3.05, 3.63) is 18.3 Å². The summed E-state index contributed by atoms with van der Waals surface area (Å²) in [6.07, 6.45) is 1.70. The number of nitrogens with zero attached hydrogens (tertiary/aromatic N) is 6. The van der Waals surface area contributed by atoms with Gasteiger partial charge in [-0.25, -0.2) is 4.98 Å². The molecule has 0 saturated carbocycles. The Morgan fingerprint density at radius 2 is 1.25 bits per heavy atom. The van der Waals surface area contributed by atoms with Gasteiger partial charge in [-0.15, -0.1) is 0 Å². The lowest BCUT2D eigenvalue weighted by Crippen LogP contribution is -2.47. The lowest BCUT2D eigenvalue weighted by Gasteiger charge is -2.34.